The van der Waals surface area contributed by atoms with Crippen molar-refractivity contribution in [2.45, 2.75) is 0 Å². The summed E-state index contributed by atoms with van der Waals surface area (Å²) >= 11 is 10.7. The Hall–Kier alpha value is -0.310. The Morgan fingerprint density at radius 2 is 2.40 bits per heavy atom. The van der Waals surface area contributed by atoms with Gasteiger partial charge in [0, 0.05) is 0 Å². The molecule has 0 unspecified atom stereocenters. The molecule has 0 aliphatic rings. The first-order valence-electron chi connectivity index (χ1n) is 3.71. The normalized spacial score (nSPS) is 10.0. The van der Waals surface area contributed by atoms with E-state index >= 15 is 0 Å². The Bertz CT molecular complexity index is 624. The average molecular weight is 323 g/mol. The van der Waals surface area contributed by atoms with E-state index < -0.39 is 0 Å². The van der Waals surface area contributed by atoms with Crippen LogP contribution in [-0.4, -0.2) is 4.98 Å². The second kappa shape index (κ2) is 4.69. The van der Waals surface area contributed by atoms with E-state index in [1.807, 2.05) is 12.1 Å². The quantitative estimate of drug-likeness (QED) is 0.735. The summed E-state index contributed by atoms with van der Waals surface area (Å²) in [7, 11) is -0.308. The maximum absolute atomic E-state index is 10.1. The minimum absolute atomic E-state index is 0.308. The van der Waals surface area contributed by atoms with Crippen molar-refractivity contribution in [3.63, 3.8) is 0 Å². The minimum atomic E-state index is -0.308. The summed E-state index contributed by atoms with van der Waals surface area (Å²) in [4.78, 5) is 4.14. The van der Waals surface area contributed by atoms with Crippen LogP contribution in [0.3, 0.4) is 0 Å². The zero-order valence-corrected chi connectivity index (χ0v) is 11.1. The van der Waals surface area contributed by atoms with Gasteiger partial charge in [0.15, 0.2) is 0 Å². The number of fused-ring (bicyclic) bond motifs is 1. The number of benzene rings is 1. The maximum atomic E-state index is 10.1. The third-order valence-electron chi connectivity index (χ3n) is 1.60. The van der Waals surface area contributed by atoms with Crippen LogP contribution in [0.5, 0.6) is 5.19 Å². The molecule has 2 aromatic rings. The van der Waals surface area contributed by atoms with Gasteiger partial charge in [0.1, 0.15) is 0 Å². The molecule has 0 saturated heterocycles. The van der Waals surface area contributed by atoms with E-state index in [-0.39, 0.29) is 7.92 Å². The summed E-state index contributed by atoms with van der Waals surface area (Å²) in [5.41, 5.74) is 0.743. The Morgan fingerprint density at radius 3 is 3.13 bits per heavy atom. The first-order chi connectivity index (χ1) is 7.22. The van der Waals surface area contributed by atoms with Crippen LogP contribution in [0, 0.1) is 5.81 Å². The first kappa shape index (κ1) is 11.2. The van der Waals surface area contributed by atoms with Crippen LogP contribution in [0.2, 0.25) is 5.02 Å². The van der Waals surface area contributed by atoms with Gasteiger partial charge in [0.25, 0.3) is 0 Å². The van der Waals surface area contributed by atoms with Crippen molar-refractivity contribution >= 4 is 57.0 Å². The molecule has 0 aliphatic carbocycles. The number of hydrogen-bond acceptors (Lipinski definition) is 4. The van der Waals surface area contributed by atoms with Crippen LogP contribution in [0.4, 0.5) is 0 Å². The van der Waals surface area contributed by atoms with Gasteiger partial charge in [0.05, 0.1) is 0 Å². The summed E-state index contributed by atoms with van der Waals surface area (Å²) in [6.07, 6.45) is 0. The molecule has 0 fully saturated rings. The van der Waals surface area contributed by atoms with Crippen LogP contribution in [0.1, 0.15) is 0 Å². The van der Waals surface area contributed by atoms with Gasteiger partial charge in [-0.2, -0.15) is 0 Å². The number of nitrogens with zero attached hydrogens (tertiary/aromatic N) is 1. The molecule has 15 heavy (non-hydrogen) atoms. The van der Waals surface area contributed by atoms with Gasteiger partial charge >= 0.3 is 104 Å². The molecule has 1 aromatic heterocycles. The summed E-state index contributed by atoms with van der Waals surface area (Å²) < 4.78 is 16.6. The van der Waals surface area contributed by atoms with Crippen molar-refractivity contribution in [1.29, 1.82) is 0 Å². The first-order valence-corrected chi connectivity index (χ1v) is 6.51. The third kappa shape index (κ3) is 2.27. The standard InChI is InChI=1S/C8H2BrClNO2PS/c9-4-1-2-5-7(6(4)10)15-8(11-5)13-3-14-12/h1-2H. The van der Waals surface area contributed by atoms with Crippen LogP contribution in [0.25, 0.3) is 10.2 Å². The van der Waals surface area contributed by atoms with Crippen molar-refractivity contribution < 1.29 is 9.30 Å². The molecule has 0 saturated carbocycles. The Balaban J connectivity index is 2.58. The molecule has 2 rings (SSSR count). The molecule has 0 radical (unpaired) electrons. The second-order valence-corrected chi connectivity index (χ2v) is 5.03. The Kier molecular flexibility index (Phi) is 3.49. The fourth-order valence-electron chi connectivity index (χ4n) is 1.02. The zero-order chi connectivity index (χ0) is 10.8. The second-order valence-electron chi connectivity index (χ2n) is 2.47. The van der Waals surface area contributed by atoms with Gasteiger partial charge < -0.3 is 0 Å². The molecular formula is C8H2BrClNO2PS. The summed E-state index contributed by atoms with van der Waals surface area (Å²) in [6.45, 7) is 0. The van der Waals surface area contributed by atoms with E-state index in [0.29, 0.717) is 10.2 Å². The van der Waals surface area contributed by atoms with Crippen molar-refractivity contribution in [2.75, 3.05) is 0 Å². The van der Waals surface area contributed by atoms with E-state index in [1.165, 1.54) is 11.3 Å². The predicted octanol–water partition coefficient (Wildman–Crippen LogP) is 4.30. The molecule has 0 spiro atoms. The molecule has 0 atom stereocenters. The topological polar surface area (TPSA) is 39.2 Å². The number of ether oxygens (including phenoxy) is 1. The van der Waals surface area contributed by atoms with Crippen LogP contribution in [0.15, 0.2) is 16.6 Å². The number of halogens is 2. The van der Waals surface area contributed by atoms with Crippen LogP contribution >= 0.6 is 46.8 Å². The summed E-state index contributed by atoms with van der Waals surface area (Å²) in [5.74, 6) is 2.17. The third-order valence-corrected chi connectivity index (χ3v) is 4.13. The molecule has 1 aromatic carbocycles. The Labute approximate surface area is 104 Å². The van der Waals surface area contributed by atoms with Crippen molar-refractivity contribution in [3.8, 4) is 11.0 Å². The van der Waals surface area contributed by atoms with E-state index in [4.69, 9.17) is 16.3 Å². The molecule has 0 N–H and O–H groups in total. The molecule has 0 aliphatic heterocycles. The number of aromatic nitrogens is 1. The van der Waals surface area contributed by atoms with Gasteiger partial charge in [-0.25, -0.2) is 0 Å². The fraction of sp³-hybridized carbons (Fsp3) is 0. The molecule has 0 bridgehead atoms. The fourth-order valence-corrected chi connectivity index (χ4v) is 2.76. The van der Waals surface area contributed by atoms with E-state index in [9.17, 15) is 4.57 Å². The average Bonchev–Trinajstić information content (AvgIpc) is 2.64. The SMILES string of the molecule is O=P#COc1nc2ccc(Br)c(Cl)c2s1. The summed E-state index contributed by atoms with van der Waals surface area (Å²) in [5, 5.41) is 0.966. The van der Waals surface area contributed by atoms with Gasteiger partial charge in [0.2, 0.25) is 0 Å². The van der Waals surface area contributed by atoms with Crippen molar-refractivity contribution in [1.82, 2.24) is 4.98 Å². The summed E-state index contributed by atoms with van der Waals surface area (Å²) in [6, 6.07) is 3.64. The van der Waals surface area contributed by atoms with Crippen LogP contribution in [-0.2, 0) is 4.57 Å². The van der Waals surface area contributed by atoms with Gasteiger partial charge in [-0.05, 0) is 0 Å². The van der Waals surface area contributed by atoms with Gasteiger partial charge in [-0.1, -0.05) is 0 Å². The van der Waals surface area contributed by atoms with Crippen LogP contribution < -0.4 is 4.74 Å². The molecule has 76 valence electrons. The number of hydrogen-bond donors (Lipinski definition) is 0. The zero-order valence-electron chi connectivity index (χ0n) is 7.03. The van der Waals surface area contributed by atoms with Crippen molar-refractivity contribution in [3.05, 3.63) is 21.6 Å². The van der Waals surface area contributed by atoms with Crippen molar-refractivity contribution in [2.24, 2.45) is 0 Å². The molecular weight excluding hydrogens is 320 g/mol. The molecule has 1 heterocycles. The Morgan fingerprint density at radius 1 is 1.60 bits per heavy atom. The van der Waals surface area contributed by atoms with Gasteiger partial charge in [-0.3, -0.25) is 0 Å². The van der Waals surface area contributed by atoms with E-state index in [2.05, 4.69) is 26.7 Å². The van der Waals surface area contributed by atoms with Gasteiger partial charge in [-0.15, -0.1) is 0 Å². The molecule has 7 heteroatoms. The molecule has 3 nitrogen and oxygen atoms in total. The molecule has 0 amide bonds. The van der Waals surface area contributed by atoms with E-state index in [1.54, 1.807) is 0 Å². The number of rotatable bonds is 1. The number of thiazole rings is 1. The monoisotopic (exact) mass is 321 g/mol. The van der Waals surface area contributed by atoms with E-state index in [0.717, 1.165) is 14.7 Å². The predicted molar refractivity (Wildman–Crippen MR) is 64.5 cm³/mol.